The molecule has 0 aliphatic carbocycles. The van der Waals surface area contributed by atoms with Crippen molar-refractivity contribution < 1.29 is 0 Å². The zero-order chi connectivity index (χ0) is 14.0. The fourth-order valence-corrected chi connectivity index (χ4v) is 1.99. The molecule has 0 fully saturated rings. The van der Waals surface area contributed by atoms with Crippen molar-refractivity contribution >= 4 is 5.65 Å². The summed E-state index contributed by atoms with van der Waals surface area (Å²) in [5, 5.41) is 4.36. The highest BCUT2D eigenvalue weighted by Gasteiger charge is 2.06. The number of aryl methyl sites for hydroxylation is 3. The van der Waals surface area contributed by atoms with E-state index in [4.69, 9.17) is 0 Å². The first-order valence-electron chi connectivity index (χ1n) is 6.49. The van der Waals surface area contributed by atoms with Crippen LogP contribution in [0.2, 0.25) is 0 Å². The Morgan fingerprint density at radius 3 is 2.47 bits per heavy atom. The predicted octanol–water partition coefficient (Wildman–Crippen LogP) is 2.87. The lowest BCUT2D eigenvalue weighted by molar-refractivity contribution is 0.828. The van der Waals surface area contributed by atoms with Crippen molar-refractivity contribution in [2.75, 3.05) is 0 Å². The molecular weight excluding hydrogens is 238 g/mol. The Morgan fingerprint density at radius 2 is 1.84 bits per heavy atom. The quantitative estimate of drug-likeness (QED) is 0.673. The van der Waals surface area contributed by atoms with Gasteiger partial charge in [0.1, 0.15) is 17.3 Å². The highest BCUT2D eigenvalue weighted by atomic mass is 15.3. The van der Waals surface area contributed by atoms with E-state index in [-0.39, 0.29) is 0 Å². The number of fused-ring (bicyclic) bond motifs is 1. The van der Waals surface area contributed by atoms with E-state index in [2.05, 4.69) is 15.1 Å². The van der Waals surface area contributed by atoms with Gasteiger partial charge in [-0.3, -0.25) is 0 Å². The summed E-state index contributed by atoms with van der Waals surface area (Å²) in [6.45, 7) is 9.87. The molecule has 3 aromatic rings. The minimum absolute atomic E-state index is 0.780. The molecule has 5 heteroatoms. The Kier molecular flexibility index (Phi) is 3.64. The van der Waals surface area contributed by atoms with Crippen LogP contribution in [0.4, 0.5) is 0 Å². The first kappa shape index (κ1) is 13.3. The normalized spacial score (nSPS) is 10.4. The van der Waals surface area contributed by atoms with Gasteiger partial charge in [-0.15, -0.1) is 0 Å². The molecule has 0 saturated carbocycles. The third-order valence-electron chi connectivity index (χ3n) is 2.80. The molecule has 0 bridgehead atoms. The number of hydrogen-bond donors (Lipinski definition) is 0. The molecule has 19 heavy (non-hydrogen) atoms. The van der Waals surface area contributed by atoms with Crippen molar-refractivity contribution in [3.8, 4) is 5.69 Å². The van der Waals surface area contributed by atoms with Crippen LogP contribution < -0.4 is 0 Å². The van der Waals surface area contributed by atoms with Crippen LogP contribution in [-0.4, -0.2) is 24.1 Å². The first-order valence-corrected chi connectivity index (χ1v) is 6.49. The summed E-state index contributed by atoms with van der Waals surface area (Å²) in [5.74, 6) is 1.66. The summed E-state index contributed by atoms with van der Waals surface area (Å²) in [6, 6.07) is 4.02. The lowest BCUT2D eigenvalue weighted by atomic mass is 10.4. The lowest BCUT2D eigenvalue weighted by Gasteiger charge is -2.03. The zero-order valence-electron chi connectivity index (χ0n) is 12.0. The topological polar surface area (TPSA) is 48.0 Å². The Bertz CT molecular complexity index is 693. The molecule has 0 N–H and O–H groups in total. The molecule has 3 heterocycles. The molecule has 0 spiro atoms. The van der Waals surface area contributed by atoms with Crippen LogP contribution in [0, 0.1) is 20.8 Å². The average Bonchev–Trinajstić information content (AvgIpc) is 2.95. The van der Waals surface area contributed by atoms with E-state index >= 15 is 0 Å². The van der Waals surface area contributed by atoms with E-state index in [9.17, 15) is 0 Å². The monoisotopic (exact) mass is 257 g/mol. The van der Waals surface area contributed by atoms with E-state index in [1.54, 1.807) is 0 Å². The second kappa shape index (κ2) is 5.22. The van der Waals surface area contributed by atoms with Crippen LogP contribution in [0.25, 0.3) is 11.3 Å². The maximum Gasteiger partial charge on any atom is 0.148 e. The molecule has 3 rings (SSSR count). The largest absolute Gasteiger partial charge is 0.304 e. The van der Waals surface area contributed by atoms with E-state index in [0.29, 0.717) is 0 Å². The average molecular weight is 257 g/mol. The van der Waals surface area contributed by atoms with Crippen molar-refractivity contribution in [2.24, 2.45) is 0 Å². The Hall–Kier alpha value is -2.17. The molecule has 3 aromatic heterocycles. The molecule has 0 saturated heterocycles. The fourth-order valence-electron chi connectivity index (χ4n) is 1.99. The van der Waals surface area contributed by atoms with Crippen molar-refractivity contribution in [1.29, 1.82) is 0 Å². The number of imidazole rings is 1. The molecule has 0 aromatic carbocycles. The number of rotatable bonds is 1. The van der Waals surface area contributed by atoms with Gasteiger partial charge in [-0.1, -0.05) is 13.8 Å². The van der Waals surface area contributed by atoms with E-state index in [0.717, 1.165) is 28.7 Å². The van der Waals surface area contributed by atoms with E-state index < -0.39 is 0 Å². The number of aromatic nitrogens is 5. The van der Waals surface area contributed by atoms with Gasteiger partial charge in [0.15, 0.2) is 0 Å². The van der Waals surface area contributed by atoms with Gasteiger partial charge in [0.2, 0.25) is 0 Å². The Balaban J connectivity index is 0.000000637. The maximum absolute atomic E-state index is 4.36. The molecule has 100 valence electrons. The Morgan fingerprint density at radius 1 is 1.11 bits per heavy atom. The van der Waals surface area contributed by atoms with E-state index in [1.165, 1.54) is 0 Å². The van der Waals surface area contributed by atoms with Gasteiger partial charge in [-0.05, 0) is 26.8 Å². The SMILES string of the molecule is CC.Cc1nc(C)n(-c2ccn3c(C)cnc3c2)n1. The van der Waals surface area contributed by atoms with Crippen LogP contribution in [0.15, 0.2) is 24.5 Å². The summed E-state index contributed by atoms with van der Waals surface area (Å²) >= 11 is 0. The Labute approximate surface area is 112 Å². The van der Waals surface area contributed by atoms with Gasteiger partial charge >= 0.3 is 0 Å². The molecule has 0 radical (unpaired) electrons. The minimum atomic E-state index is 0.780. The second-order valence-electron chi connectivity index (χ2n) is 4.13. The summed E-state index contributed by atoms with van der Waals surface area (Å²) < 4.78 is 3.88. The predicted molar refractivity (Wildman–Crippen MR) is 75.7 cm³/mol. The molecule has 0 unspecified atom stereocenters. The molecule has 0 aliphatic heterocycles. The van der Waals surface area contributed by atoms with Gasteiger partial charge < -0.3 is 4.40 Å². The van der Waals surface area contributed by atoms with Crippen LogP contribution in [0.5, 0.6) is 0 Å². The summed E-state index contributed by atoms with van der Waals surface area (Å²) in [7, 11) is 0. The van der Waals surface area contributed by atoms with Crippen LogP contribution in [0.3, 0.4) is 0 Å². The molecule has 0 amide bonds. The number of nitrogens with zero attached hydrogens (tertiary/aromatic N) is 5. The summed E-state index contributed by atoms with van der Waals surface area (Å²) in [4.78, 5) is 8.64. The van der Waals surface area contributed by atoms with Crippen molar-refractivity contribution in [3.05, 3.63) is 41.9 Å². The molecule has 0 atom stereocenters. The maximum atomic E-state index is 4.36. The van der Waals surface area contributed by atoms with Gasteiger partial charge in [-0.2, -0.15) is 5.10 Å². The van der Waals surface area contributed by atoms with Gasteiger partial charge in [0.05, 0.1) is 5.69 Å². The van der Waals surface area contributed by atoms with E-state index in [1.807, 2.05) is 68.2 Å². The first-order chi connectivity index (χ1) is 9.15. The number of hydrogen-bond acceptors (Lipinski definition) is 3. The van der Waals surface area contributed by atoms with Crippen molar-refractivity contribution in [3.63, 3.8) is 0 Å². The molecule has 5 nitrogen and oxygen atoms in total. The minimum Gasteiger partial charge on any atom is -0.304 e. The molecular formula is C14H19N5. The lowest BCUT2D eigenvalue weighted by Crippen LogP contribution is -2.00. The third-order valence-corrected chi connectivity index (χ3v) is 2.80. The van der Waals surface area contributed by atoms with Gasteiger partial charge in [0.25, 0.3) is 0 Å². The fraction of sp³-hybridized carbons (Fsp3) is 0.357. The number of pyridine rings is 1. The third kappa shape index (κ3) is 2.36. The van der Waals surface area contributed by atoms with Crippen LogP contribution in [-0.2, 0) is 0 Å². The highest BCUT2D eigenvalue weighted by molar-refractivity contribution is 5.49. The standard InChI is InChI=1S/C12H13N5.C2H6/c1-8-7-13-12-6-11(4-5-16(8)12)17-10(3)14-9(2)15-17;1-2/h4-7H,1-3H3;1-2H3. The van der Waals surface area contributed by atoms with Crippen molar-refractivity contribution in [2.45, 2.75) is 34.6 Å². The summed E-state index contributed by atoms with van der Waals surface area (Å²) in [6.07, 6.45) is 3.86. The van der Waals surface area contributed by atoms with Crippen LogP contribution in [0.1, 0.15) is 31.2 Å². The van der Waals surface area contributed by atoms with Gasteiger partial charge in [0, 0.05) is 24.2 Å². The molecule has 0 aliphatic rings. The van der Waals surface area contributed by atoms with Gasteiger partial charge in [-0.25, -0.2) is 14.6 Å². The highest BCUT2D eigenvalue weighted by Crippen LogP contribution is 2.13. The smallest absolute Gasteiger partial charge is 0.148 e. The zero-order valence-corrected chi connectivity index (χ0v) is 12.0. The summed E-state index contributed by atoms with van der Waals surface area (Å²) in [5.41, 5.74) is 3.03. The van der Waals surface area contributed by atoms with Crippen molar-refractivity contribution in [1.82, 2.24) is 24.1 Å². The second-order valence-corrected chi connectivity index (χ2v) is 4.13. The van der Waals surface area contributed by atoms with Crippen LogP contribution >= 0.6 is 0 Å².